The fraction of sp³-hybridized carbons (Fsp3) is 0.263. The predicted octanol–water partition coefficient (Wildman–Crippen LogP) is 3.27. The number of hydrogen-bond acceptors (Lipinski definition) is 6. The van der Waals surface area contributed by atoms with Gasteiger partial charge >= 0.3 is 5.97 Å². The number of nitrogens with zero attached hydrogens (tertiary/aromatic N) is 2. The van der Waals surface area contributed by atoms with Crippen molar-refractivity contribution in [3.05, 3.63) is 63.0 Å². The highest BCUT2D eigenvalue weighted by Gasteiger charge is 2.16. The minimum atomic E-state index is -0.550. The zero-order valence-corrected chi connectivity index (χ0v) is 15.8. The number of amides is 1. The Kier molecular flexibility index (Phi) is 5.66. The molecule has 1 aromatic carbocycles. The number of carbonyl (C=O) groups is 2. The molecule has 8 heteroatoms. The van der Waals surface area contributed by atoms with Crippen molar-refractivity contribution in [2.75, 3.05) is 11.9 Å². The first kappa shape index (κ1) is 18.8. The van der Waals surface area contributed by atoms with Gasteiger partial charge < -0.3 is 10.1 Å². The first-order chi connectivity index (χ1) is 13.0. The number of rotatable bonds is 6. The summed E-state index contributed by atoms with van der Waals surface area (Å²) in [5.74, 6) is -0.951. The van der Waals surface area contributed by atoms with E-state index in [2.05, 4.69) is 10.3 Å². The molecule has 0 aliphatic rings. The molecule has 3 rings (SSSR count). The van der Waals surface area contributed by atoms with Crippen LogP contribution in [0.2, 0.25) is 0 Å². The highest BCUT2D eigenvalue weighted by molar-refractivity contribution is 7.15. The number of thiazole rings is 1. The summed E-state index contributed by atoms with van der Waals surface area (Å²) in [4.78, 5) is 41.6. The molecule has 0 bridgehead atoms. The third kappa shape index (κ3) is 4.06. The Balaban J connectivity index is 1.73. The zero-order chi connectivity index (χ0) is 19.4. The van der Waals surface area contributed by atoms with Gasteiger partial charge in [0.1, 0.15) is 5.56 Å². The fourth-order valence-corrected chi connectivity index (χ4v) is 3.29. The fourth-order valence-electron chi connectivity index (χ4n) is 2.46. The molecule has 0 spiro atoms. The molecule has 1 N–H and O–H groups in total. The second-order valence-electron chi connectivity index (χ2n) is 5.99. The quantitative estimate of drug-likeness (QED) is 0.519. The van der Waals surface area contributed by atoms with Crippen LogP contribution in [-0.4, -0.2) is 27.9 Å². The maximum atomic E-state index is 12.5. The van der Waals surface area contributed by atoms with E-state index < -0.39 is 17.4 Å². The summed E-state index contributed by atoms with van der Waals surface area (Å²) >= 11 is 1.34. The first-order valence-corrected chi connectivity index (χ1v) is 9.43. The van der Waals surface area contributed by atoms with Crippen molar-refractivity contribution in [2.24, 2.45) is 0 Å². The van der Waals surface area contributed by atoms with Crippen LogP contribution < -0.4 is 10.9 Å². The number of ether oxygens (including phenoxy) is 1. The van der Waals surface area contributed by atoms with Gasteiger partial charge in [-0.1, -0.05) is 13.3 Å². The molecule has 0 fully saturated rings. The number of esters is 1. The van der Waals surface area contributed by atoms with Crippen LogP contribution in [0.15, 0.2) is 40.6 Å². The molecule has 3 aromatic rings. The van der Waals surface area contributed by atoms with E-state index in [1.54, 1.807) is 31.2 Å². The number of unbranched alkanes of at least 4 members (excludes halogenated alkanes) is 1. The van der Waals surface area contributed by atoms with Gasteiger partial charge in [0.05, 0.1) is 12.2 Å². The molecule has 0 radical (unpaired) electrons. The largest absolute Gasteiger partial charge is 0.462 e. The van der Waals surface area contributed by atoms with Crippen LogP contribution in [0, 0.1) is 6.92 Å². The van der Waals surface area contributed by atoms with Crippen molar-refractivity contribution >= 4 is 33.9 Å². The van der Waals surface area contributed by atoms with Crippen LogP contribution in [0.5, 0.6) is 0 Å². The summed E-state index contributed by atoms with van der Waals surface area (Å²) in [6, 6.07) is 6.32. The van der Waals surface area contributed by atoms with Crippen LogP contribution in [0.3, 0.4) is 0 Å². The molecule has 0 saturated carbocycles. The van der Waals surface area contributed by atoms with Gasteiger partial charge in [-0.05, 0) is 37.6 Å². The second-order valence-corrected chi connectivity index (χ2v) is 6.83. The van der Waals surface area contributed by atoms with E-state index in [9.17, 15) is 14.4 Å². The third-order valence-corrected chi connectivity index (χ3v) is 4.93. The number of hydrogen-bond donors (Lipinski definition) is 1. The van der Waals surface area contributed by atoms with Gasteiger partial charge in [-0.2, -0.15) is 0 Å². The number of nitrogens with one attached hydrogen (secondary N) is 1. The molecule has 0 aliphatic carbocycles. The normalized spacial score (nSPS) is 10.7. The Bertz CT molecular complexity index is 1040. The Morgan fingerprint density at radius 3 is 2.70 bits per heavy atom. The van der Waals surface area contributed by atoms with E-state index in [0.29, 0.717) is 22.8 Å². The molecule has 0 saturated heterocycles. The van der Waals surface area contributed by atoms with Crippen LogP contribution in [0.1, 0.15) is 46.2 Å². The van der Waals surface area contributed by atoms with Crippen molar-refractivity contribution < 1.29 is 14.3 Å². The van der Waals surface area contributed by atoms with Gasteiger partial charge in [-0.3, -0.25) is 14.0 Å². The van der Waals surface area contributed by atoms with Crippen LogP contribution in [0.25, 0.3) is 4.96 Å². The summed E-state index contributed by atoms with van der Waals surface area (Å²) in [7, 11) is 0. The molecule has 0 unspecified atom stereocenters. The molecule has 0 atom stereocenters. The van der Waals surface area contributed by atoms with E-state index in [1.165, 1.54) is 21.9 Å². The maximum absolute atomic E-state index is 12.5. The minimum Gasteiger partial charge on any atom is -0.462 e. The Morgan fingerprint density at radius 2 is 2.00 bits per heavy atom. The van der Waals surface area contributed by atoms with Crippen LogP contribution in [-0.2, 0) is 4.74 Å². The van der Waals surface area contributed by atoms with Crippen LogP contribution in [0.4, 0.5) is 5.69 Å². The maximum Gasteiger partial charge on any atom is 0.338 e. The summed E-state index contributed by atoms with van der Waals surface area (Å²) in [5, 5.41) is 4.46. The van der Waals surface area contributed by atoms with Gasteiger partial charge in [-0.25, -0.2) is 9.78 Å². The molecular weight excluding hydrogens is 366 g/mol. The van der Waals surface area contributed by atoms with Crippen molar-refractivity contribution in [1.82, 2.24) is 9.38 Å². The summed E-state index contributed by atoms with van der Waals surface area (Å²) in [6.45, 7) is 4.19. The molecule has 2 heterocycles. The number of carbonyl (C=O) groups excluding carboxylic acids is 2. The lowest BCUT2D eigenvalue weighted by molar-refractivity contribution is 0.0499. The van der Waals surface area contributed by atoms with E-state index in [0.717, 1.165) is 18.5 Å². The van der Waals surface area contributed by atoms with Crippen molar-refractivity contribution in [1.29, 1.82) is 0 Å². The van der Waals surface area contributed by atoms with Gasteiger partial charge in [0, 0.05) is 23.0 Å². The van der Waals surface area contributed by atoms with Gasteiger partial charge in [0.25, 0.3) is 11.5 Å². The minimum absolute atomic E-state index is 0.0444. The smallest absolute Gasteiger partial charge is 0.338 e. The third-order valence-electron chi connectivity index (χ3n) is 3.97. The molecule has 2 aromatic heterocycles. The number of aromatic nitrogens is 2. The Labute approximate surface area is 159 Å². The standard InChI is InChI=1S/C19H19N3O4S/c1-3-4-9-26-18(25)13-5-7-14(8-6-13)21-16(23)15-10-20-19-22(17(15)24)12(2)11-27-19/h5-8,10-11H,3-4,9H2,1-2H3,(H,21,23). The van der Waals surface area contributed by atoms with Gasteiger partial charge in [0.2, 0.25) is 0 Å². The second kappa shape index (κ2) is 8.13. The molecular formula is C19H19N3O4S. The number of benzene rings is 1. The Morgan fingerprint density at radius 1 is 1.26 bits per heavy atom. The summed E-state index contributed by atoms with van der Waals surface area (Å²) in [5.41, 5.74) is 1.15. The van der Waals surface area contributed by atoms with Gasteiger partial charge in [0.15, 0.2) is 4.96 Å². The average molecular weight is 385 g/mol. The number of aryl methyl sites for hydroxylation is 1. The average Bonchev–Trinajstić information content (AvgIpc) is 3.04. The highest BCUT2D eigenvalue weighted by atomic mass is 32.1. The number of fused-ring (bicyclic) bond motifs is 1. The topological polar surface area (TPSA) is 89.8 Å². The number of anilines is 1. The molecule has 0 aliphatic heterocycles. The zero-order valence-electron chi connectivity index (χ0n) is 15.0. The monoisotopic (exact) mass is 385 g/mol. The highest BCUT2D eigenvalue weighted by Crippen LogP contribution is 2.14. The Hall–Kier alpha value is -3.00. The van der Waals surface area contributed by atoms with Crippen molar-refractivity contribution in [2.45, 2.75) is 26.7 Å². The molecule has 27 heavy (non-hydrogen) atoms. The van der Waals surface area contributed by atoms with Gasteiger partial charge in [-0.15, -0.1) is 11.3 Å². The molecule has 7 nitrogen and oxygen atoms in total. The van der Waals surface area contributed by atoms with E-state index in [-0.39, 0.29) is 5.56 Å². The van der Waals surface area contributed by atoms with Crippen molar-refractivity contribution in [3.8, 4) is 0 Å². The van der Waals surface area contributed by atoms with Crippen LogP contribution >= 0.6 is 11.3 Å². The van der Waals surface area contributed by atoms with E-state index in [4.69, 9.17) is 4.74 Å². The van der Waals surface area contributed by atoms with Crippen molar-refractivity contribution in [3.63, 3.8) is 0 Å². The summed E-state index contributed by atoms with van der Waals surface area (Å²) < 4.78 is 6.55. The van der Waals surface area contributed by atoms with E-state index in [1.807, 2.05) is 12.3 Å². The lowest BCUT2D eigenvalue weighted by Gasteiger charge is -2.07. The molecule has 1 amide bonds. The first-order valence-electron chi connectivity index (χ1n) is 8.55. The molecule has 140 valence electrons. The summed E-state index contributed by atoms with van der Waals surface area (Å²) in [6.07, 6.45) is 3.05. The predicted molar refractivity (Wildman–Crippen MR) is 104 cm³/mol. The SMILES string of the molecule is CCCCOC(=O)c1ccc(NC(=O)c2cnc3scc(C)n3c2=O)cc1. The lowest BCUT2D eigenvalue weighted by Crippen LogP contribution is -2.26. The lowest BCUT2D eigenvalue weighted by atomic mass is 10.2. The van der Waals surface area contributed by atoms with E-state index >= 15 is 0 Å².